The van der Waals surface area contributed by atoms with Gasteiger partial charge in [0.2, 0.25) is 5.91 Å². The van der Waals surface area contributed by atoms with Crippen molar-refractivity contribution in [2.75, 3.05) is 17.2 Å². The van der Waals surface area contributed by atoms with Crippen molar-refractivity contribution in [2.45, 2.75) is 20.3 Å². The first-order valence-corrected chi connectivity index (χ1v) is 10.1. The number of hydrogen-bond acceptors (Lipinski definition) is 5. The van der Waals surface area contributed by atoms with Gasteiger partial charge in [0.1, 0.15) is 5.75 Å². The number of carbonyl (C=O) groups is 3. The number of nitrogens with one attached hydrogen (secondary N) is 2. The maximum Gasteiger partial charge on any atom is 0.513 e. The molecule has 0 aliphatic carbocycles. The third kappa shape index (κ3) is 6.70. The number of rotatable bonds is 7. The molecule has 0 atom stereocenters. The van der Waals surface area contributed by atoms with Gasteiger partial charge in [0, 0.05) is 16.9 Å². The first kappa shape index (κ1) is 22.6. The minimum atomic E-state index is -0.796. The van der Waals surface area contributed by atoms with Crippen LogP contribution in [0, 0.1) is 6.92 Å². The Labute approximate surface area is 186 Å². The average molecular weight is 432 g/mol. The van der Waals surface area contributed by atoms with E-state index in [1.54, 1.807) is 43.3 Å². The highest BCUT2D eigenvalue weighted by Gasteiger charge is 2.09. The zero-order chi connectivity index (χ0) is 22.9. The molecule has 3 aromatic rings. The van der Waals surface area contributed by atoms with Crippen LogP contribution >= 0.6 is 0 Å². The minimum absolute atomic E-state index is 0.115. The van der Waals surface area contributed by atoms with Crippen molar-refractivity contribution >= 4 is 29.3 Å². The smallest absolute Gasteiger partial charge is 0.434 e. The Hall–Kier alpha value is -4.13. The number of carbonyl (C=O) groups excluding carboxylic acids is 3. The van der Waals surface area contributed by atoms with E-state index in [-0.39, 0.29) is 30.6 Å². The van der Waals surface area contributed by atoms with Crippen LogP contribution in [0.3, 0.4) is 0 Å². The summed E-state index contributed by atoms with van der Waals surface area (Å²) >= 11 is 0. The minimum Gasteiger partial charge on any atom is -0.434 e. The summed E-state index contributed by atoms with van der Waals surface area (Å²) in [6.45, 7) is 3.90. The molecule has 0 fully saturated rings. The van der Waals surface area contributed by atoms with E-state index in [1.807, 2.05) is 31.2 Å². The van der Waals surface area contributed by atoms with Gasteiger partial charge < -0.3 is 20.1 Å². The molecule has 0 saturated heterocycles. The standard InChI is InChI=1S/C25H24N2O5/c1-3-31-25(30)32-22-14-8-19(9-15-22)24(29)27-21-12-10-20(11-13-21)26-23(28)16-18-6-4-17(2)5-7-18/h4-15H,3,16H2,1-2H3,(H,26,28)(H,27,29). The molecule has 0 saturated carbocycles. The van der Waals surface area contributed by atoms with Crippen LogP contribution in [0.5, 0.6) is 5.75 Å². The molecule has 3 aromatic carbocycles. The van der Waals surface area contributed by atoms with E-state index in [9.17, 15) is 14.4 Å². The van der Waals surface area contributed by atoms with Crippen LogP contribution in [-0.2, 0) is 16.0 Å². The Kier molecular flexibility index (Phi) is 7.59. The van der Waals surface area contributed by atoms with Crippen molar-refractivity contribution in [1.29, 1.82) is 0 Å². The van der Waals surface area contributed by atoms with E-state index in [4.69, 9.17) is 9.47 Å². The monoisotopic (exact) mass is 432 g/mol. The Morgan fingerprint density at radius 3 is 1.97 bits per heavy atom. The lowest BCUT2D eigenvalue weighted by Gasteiger charge is -2.09. The van der Waals surface area contributed by atoms with Crippen molar-refractivity contribution < 1.29 is 23.9 Å². The van der Waals surface area contributed by atoms with Gasteiger partial charge >= 0.3 is 6.16 Å². The second kappa shape index (κ2) is 10.8. The highest BCUT2D eigenvalue weighted by molar-refractivity contribution is 6.04. The maximum atomic E-state index is 12.4. The Balaban J connectivity index is 1.52. The van der Waals surface area contributed by atoms with E-state index in [2.05, 4.69) is 10.6 Å². The van der Waals surface area contributed by atoms with Gasteiger partial charge in [-0.25, -0.2) is 4.79 Å². The van der Waals surface area contributed by atoms with Crippen molar-refractivity contribution in [3.8, 4) is 5.75 Å². The average Bonchev–Trinajstić information content (AvgIpc) is 2.77. The molecule has 32 heavy (non-hydrogen) atoms. The summed E-state index contributed by atoms with van der Waals surface area (Å²) in [5.74, 6) is -0.148. The highest BCUT2D eigenvalue weighted by atomic mass is 16.7. The molecule has 3 rings (SSSR count). The number of hydrogen-bond donors (Lipinski definition) is 2. The number of benzene rings is 3. The van der Waals surface area contributed by atoms with Crippen LogP contribution in [0.4, 0.5) is 16.2 Å². The van der Waals surface area contributed by atoms with Gasteiger partial charge in [-0.05, 0) is 67.9 Å². The van der Waals surface area contributed by atoms with E-state index >= 15 is 0 Å². The zero-order valence-corrected chi connectivity index (χ0v) is 17.9. The Morgan fingerprint density at radius 2 is 1.38 bits per heavy atom. The summed E-state index contributed by atoms with van der Waals surface area (Å²) in [6, 6.07) is 20.8. The molecule has 0 unspecified atom stereocenters. The Morgan fingerprint density at radius 1 is 0.781 bits per heavy atom. The first-order valence-electron chi connectivity index (χ1n) is 10.1. The first-order chi connectivity index (χ1) is 15.4. The molecule has 0 spiro atoms. The lowest BCUT2D eigenvalue weighted by Crippen LogP contribution is -2.15. The molecular weight excluding hydrogens is 408 g/mol. The van der Waals surface area contributed by atoms with Crippen molar-refractivity contribution in [1.82, 2.24) is 0 Å². The maximum absolute atomic E-state index is 12.4. The van der Waals surface area contributed by atoms with E-state index in [1.165, 1.54) is 12.1 Å². The fourth-order valence-electron chi connectivity index (χ4n) is 2.85. The molecule has 0 radical (unpaired) electrons. The van der Waals surface area contributed by atoms with E-state index in [0.29, 0.717) is 16.9 Å². The van der Waals surface area contributed by atoms with Gasteiger partial charge in [-0.3, -0.25) is 9.59 Å². The molecule has 2 N–H and O–H groups in total. The highest BCUT2D eigenvalue weighted by Crippen LogP contribution is 2.17. The van der Waals surface area contributed by atoms with Crippen molar-refractivity contribution in [2.24, 2.45) is 0 Å². The largest absolute Gasteiger partial charge is 0.513 e. The summed E-state index contributed by atoms with van der Waals surface area (Å²) in [5, 5.41) is 5.62. The molecule has 0 aromatic heterocycles. The van der Waals surface area contributed by atoms with Gasteiger partial charge in [-0.2, -0.15) is 0 Å². The second-order valence-electron chi connectivity index (χ2n) is 7.05. The molecular formula is C25H24N2O5. The van der Waals surface area contributed by atoms with Gasteiger partial charge in [-0.1, -0.05) is 29.8 Å². The topological polar surface area (TPSA) is 93.7 Å². The zero-order valence-electron chi connectivity index (χ0n) is 17.9. The molecule has 7 heteroatoms. The SMILES string of the molecule is CCOC(=O)Oc1ccc(C(=O)Nc2ccc(NC(=O)Cc3ccc(C)cc3)cc2)cc1. The third-order valence-corrected chi connectivity index (χ3v) is 4.49. The summed E-state index contributed by atoms with van der Waals surface area (Å²) in [4.78, 5) is 36.0. The van der Waals surface area contributed by atoms with Crippen LogP contribution in [-0.4, -0.2) is 24.6 Å². The predicted octanol–water partition coefficient (Wildman–Crippen LogP) is 4.96. The van der Waals surface area contributed by atoms with Crippen LogP contribution < -0.4 is 15.4 Å². The lowest BCUT2D eigenvalue weighted by molar-refractivity contribution is -0.115. The summed E-state index contributed by atoms with van der Waals surface area (Å²) in [7, 11) is 0. The second-order valence-corrected chi connectivity index (χ2v) is 7.05. The normalized spacial score (nSPS) is 10.2. The number of aryl methyl sites for hydroxylation is 1. The Bertz CT molecular complexity index is 1070. The molecule has 0 bridgehead atoms. The quantitative estimate of drug-likeness (QED) is 0.406. The molecule has 164 valence electrons. The fourth-order valence-corrected chi connectivity index (χ4v) is 2.85. The molecule has 0 aliphatic heterocycles. The fraction of sp³-hybridized carbons (Fsp3) is 0.160. The summed E-state index contributed by atoms with van der Waals surface area (Å²) in [6.07, 6.45) is -0.509. The predicted molar refractivity (Wildman–Crippen MR) is 122 cm³/mol. The third-order valence-electron chi connectivity index (χ3n) is 4.49. The van der Waals surface area contributed by atoms with E-state index in [0.717, 1.165) is 11.1 Å². The van der Waals surface area contributed by atoms with Gasteiger partial charge in [0.25, 0.3) is 5.91 Å². The molecule has 0 aliphatic rings. The number of anilines is 2. The van der Waals surface area contributed by atoms with Crippen LogP contribution in [0.1, 0.15) is 28.4 Å². The summed E-state index contributed by atoms with van der Waals surface area (Å²) in [5.41, 5.74) is 3.71. The van der Waals surface area contributed by atoms with Crippen LogP contribution in [0.2, 0.25) is 0 Å². The van der Waals surface area contributed by atoms with Crippen molar-refractivity contribution in [3.63, 3.8) is 0 Å². The number of amides is 2. The van der Waals surface area contributed by atoms with E-state index < -0.39 is 6.16 Å². The molecule has 2 amide bonds. The lowest BCUT2D eigenvalue weighted by atomic mass is 10.1. The van der Waals surface area contributed by atoms with Gasteiger partial charge in [0.15, 0.2) is 0 Å². The van der Waals surface area contributed by atoms with Gasteiger partial charge in [-0.15, -0.1) is 0 Å². The number of ether oxygens (including phenoxy) is 2. The molecule has 7 nitrogen and oxygen atoms in total. The van der Waals surface area contributed by atoms with Crippen molar-refractivity contribution in [3.05, 3.63) is 89.5 Å². The molecule has 0 heterocycles. The van der Waals surface area contributed by atoms with Crippen LogP contribution in [0.15, 0.2) is 72.8 Å². The van der Waals surface area contributed by atoms with Crippen LogP contribution in [0.25, 0.3) is 0 Å². The summed E-state index contributed by atoms with van der Waals surface area (Å²) < 4.78 is 9.67. The van der Waals surface area contributed by atoms with Gasteiger partial charge in [0.05, 0.1) is 13.0 Å².